The van der Waals surface area contributed by atoms with Gasteiger partial charge in [0, 0.05) is 4.47 Å². The number of carbonyl (C=O) groups is 1. The van der Waals surface area contributed by atoms with Crippen LogP contribution in [0.5, 0.6) is 5.75 Å². The first kappa shape index (κ1) is 16.8. The summed E-state index contributed by atoms with van der Waals surface area (Å²) in [5.74, 6) is 0.0997. The minimum atomic E-state index is -0.473. The van der Waals surface area contributed by atoms with E-state index >= 15 is 0 Å². The summed E-state index contributed by atoms with van der Waals surface area (Å²) in [4.78, 5) is 12.3. The lowest BCUT2D eigenvalue weighted by Gasteiger charge is -2.10. The van der Waals surface area contributed by atoms with Crippen molar-refractivity contribution in [3.8, 4) is 11.8 Å². The molecule has 0 fully saturated rings. The van der Waals surface area contributed by atoms with Gasteiger partial charge in [-0.15, -0.1) is 0 Å². The highest BCUT2D eigenvalue weighted by molar-refractivity contribution is 9.10. The van der Waals surface area contributed by atoms with Crippen molar-refractivity contribution in [1.82, 2.24) is 0 Å². The van der Waals surface area contributed by atoms with Crippen molar-refractivity contribution in [1.29, 1.82) is 5.26 Å². The summed E-state index contributed by atoms with van der Waals surface area (Å²) in [7, 11) is 0. The number of amides is 1. The van der Waals surface area contributed by atoms with E-state index in [1.54, 1.807) is 24.3 Å². The number of hydrogen-bond acceptors (Lipinski definition) is 3. The number of halogens is 1. The smallest absolute Gasteiger partial charge is 0.266 e. The molecule has 5 heteroatoms. The van der Waals surface area contributed by atoms with E-state index in [1.165, 1.54) is 0 Å². The number of nitrogens with one attached hydrogen (secondary N) is 1. The van der Waals surface area contributed by atoms with Crippen molar-refractivity contribution in [2.24, 2.45) is 0 Å². The maximum Gasteiger partial charge on any atom is 0.266 e. The highest BCUT2D eigenvalue weighted by Crippen LogP contribution is 2.24. The Bertz CT molecular complexity index is 779. The molecular weight excluding hydrogens is 356 g/mol. The molecule has 0 heterocycles. The Labute approximate surface area is 143 Å². The molecule has 0 saturated carbocycles. The van der Waals surface area contributed by atoms with Crippen LogP contribution in [0, 0.1) is 11.3 Å². The molecule has 116 valence electrons. The molecule has 0 bridgehead atoms. The molecule has 0 spiro atoms. The zero-order valence-corrected chi connectivity index (χ0v) is 14.1. The topological polar surface area (TPSA) is 62.1 Å². The minimum absolute atomic E-state index is 0.0226. The Balaban J connectivity index is 2.23. The summed E-state index contributed by atoms with van der Waals surface area (Å²) < 4.78 is 6.34. The molecule has 0 saturated heterocycles. The molecule has 1 amide bonds. The van der Waals surface area contributed by atoms with Crippen LogP contribution in [0.25, 0.3) is 6.08 Å². The van der Waals surface area contributed by atoms with Gasteiger partial charge in [-0.3, -0.25) is 4.79 Å². The predicted octanol–water partition coefficient (Wildman–Crippen LogP) is 4.39. The molecule has 0 aliphatic heterocycles. The van der Waals surface area contributed by atoms with Gasteiger partial charge in [-0.25, -0.2) is 0 Å². The molecule has 2 aromatic carbocycles. The number of anilines is 1. The van der Waals surface area contributed by atoms with E-state index in [0.29, 0.717) is 18.0 Å². The Morgan fingerprint density at radius 3 is 2.78 bits per heavy atom. The minimum Gasteiger partial charge on any atom is -0.492 e. The highest BCUT2D eigenvalue weighted by Gasteiger charge is 2.12. The van der Waals surface area contributed by atoms with Gasteiger partial charge in [0.05, 0.1) is 12.3 Å². The number of para-hydroxylation sites is 2. The number of ether oxygens (including phenoxy) is 1. The first-order valence-electron chi connectivity index (χ1n) is 7.04. The van der Waals surface area contributed by atoms with Crippen LogP contribution in [0.2, 0.25) is 0 Å². The maximum absolute atomic E-state index is 12.3. The molecule has 0 atom stereocenters. The van der Waals surface area contributed by atoms with E-state index in [0.717, 1.165) is 10.0 Å². The van der Waals surface area contributed by atoms with Gasteiger partial charge in [-0.2, -0.15) is 5.26 Å². The first-order chi connectivity index (χ1) is 11.1. The monoisotopic (exact) mass is 370 g/mol. The number of rotatable bonds is 5. The van der Waals surface area contributed by atoms with Gasteiger partial charge in [0.25, 0.3) is 5.91 Å². The Morgan fingerprint density at radius 1 is 1.30 bits per heavy atom. The number of carbonyl (C=O) groups excluding carboxylic acids is 1. The maximum atomic E-state index is 12.3. The third-order valence-electron chi connectivity index (χ3n) is 2.96. The Morgan fingerprint density at radius 2 is 2.09 bits per heavy atom. The first-order valence-corrected chi connectivity index (χ1v) is 7.84. The molecule has 2 aromatic rings. The number of benzene rings is 2. The standard InChI is InChI=1S/C18H15BrN2O2/c1-2-23-17-9-4-3-8-16(17)21-18(22)14(12-20)10-13-6-5-7-15(19)11-13/h3-11H,2H2,1H3,(H,21,22)/b14-10+. The van der Waals surface area contributed by atoms with Crippen LogP contribution in [-0.2, 0) is 4.79 Å². The Hall–Kier alpha value is -2.58. The second-order valence-electron chi connectivity index (χ2n) is 4.61. The predicted molar refractivity (Wildman–Crippen MR) is 94.0 cm³/mol. The summed E-state index contributed by atoms with van der Waals surface area (Å²) in [6.07, 6.45) is 1.55. The normalized spacial score (nSPS) is 10.7. The lowest BCUT2D eigenvalue weighted by Crippen LogP contribution is -2.14. The van der Waals surface area contributed by atoms with Gasteiger partial charge < -0.3 is 10.1 Å². The van der Waals surface area contributed by atoms with Gasteiger partial charge in [-0.05, 0) is 42.8 Å². The molecule has 0 unspecified atom stereocenters. The SMILES string of the molecule is CCOc1ccccc1NC(=O)/C(C#N)=C/c1cccc(Br)c1. The molecule has 0 aromatic heterocycles. The lowest BCUT2D eigenvalue weighted by atomic mass is 10.1. The van der Waals surface area contributed by atoms with Crippen LogP contribution >= 0.6 is 15.9 Å². The molecule has 0 aliphatic rings. The van der Waals surface area contributed by atoms with Crippen LogP contribution < -0.4 is 10.1 Å². The van der Waals surface area contributed by atoms with Crippen molar-refractivity contribution >= 4 is 33.6 Å². The van der Waals surface area contributed by atoms with E-state index in [1.807, 2.05) is 43.3 Å². The fraction of sp³-hybridized carbons (Fsp3) is 0.111. The molecule has 2 rings (SSSR count). The third kappa shape index (κ3) is 4.70. The van der Waals surface area contributed by atoms with E-state index in [-0.39, 0.29) is 5.57 Å². The molecule has 4 nitrogen and oxygen atoms in total. The average Bonchev–Trinajstić information content (AvgIpc) is 2.54. The zero-order chi connectivity index (χ0) is 16.7. The van der Waals surface area contributed by atoms with Gasteiger partial charge in [-0.1, -0.05) is 40.2 Å². The van der Waals surface area contributed by atoms with E-state index in [2.05, 4.69) is 21.2 Å². The fourth-order valence-electron chi connectivity index (χ4n) is 1.95. The van der Waals surface area contributed by atoms with Crippen LogP contribution in [-0.4, -0.2) is 12.5 Å². The second kappa shape index (κ2) is 8.16. The van der Waals surface area contributed by atoms with Gasteiger partial charge in [0.1, 0.15) is 17.4 Å². The molecule has 23 heavy (non-hydrogen) atoms. The van der Waals surface area contributed by atoms with Crippen molar-refractivity contribution in [3.63, 3.8) is 0 Å². The van der Waals surface area contributed by atoms with Gasteiger partial charge in [0.15, 0.2) is 0 Å². The number of hydrogen-bond donors (Lipinski definition) is 1. The van der Waals surface area contributed by atoms with Crippen molar-refractivity contribution in [2.45, 2.75) is 6.92 Å². The summed E-state index contributed by atoms with van der Waals surface area (Å²) in [5, 5.41) is 12.0. The van der Waals surface area contributed by atoms with Gasteiger partial charge >= 0.3 is 0 Å². The van der Waals surface area contributed by atoms with Crippen LogP contribution in [0.15, 0.2) is 58.6 Å². The number of nitrogens with zero attached hydrogens (tertiary/aromatic N) is 1. The van der Waals surface area contributed by atoms with E-state index < -0.39 is 5.91 Å². The van der Waals surface area contributed by atoms with Crippen molar-refractivity contribution in [2.75, 3.05) is 11.9 Å². The quantitative estimate of drug-likeness (QED) is 0.626. The zero-order valence-electron chi connectivity index (χ0n) is 12.5. The van der Waals surface area contributed by atoms with E-state index in [9.17, 15) is 10.1 Å². The van der Waals surface area contributed by atoms with Crippen LogP contribution in [0.1, 0.15) is 12.5 Å². The highest BCUT2D eigenvalue weighted by atomic mass is 79.9. The van der Waals surface area contributed by atoms with Gasteiger partial charge in [0.2, 0.25) is 0 Å². The van der Waals surface area contributed by atoms with Crippen LogP contribution in [0.3, 0.4) is 0 Å². The summed E-state index contributed by atoms with van der Waals surface area (Å²) >= 11 is 3.36. The summed E-state index contributed by atoms with van der Waals surface area (Å²) in [6.45, 7) is 2.36. The molecule has 0 radical (unpaired) electrons. The lowest BCUT2D eigenvalue weighted by molar-refractivity contribution is -0.112. The largest absolute Gasteiger partial charge is 0.492 e. The van der Waals surface area contributed by atoms with E-state index in [4.69, 9.17) is 4.74 Å². The Kier molecular flexibility index (Phi) is 5.95. The molecule has 0 aliphatic carbocycles. The summed E-state index contributed by atoms with van der Waals surface area (Å²) in [6, 6.07) is 16.4. The third-order valence-corrected chi connectivity index (χ3v) is 3.45. The average molecular weight is 371 g/mol. The number of nitriles is 1. The second-order valence-corrected chi connectivity index (χ2v) is 5.52. The van der Waals surface area contributed by atoms with Crippen molar-refractivity contribution < 1.29 is 9.53 Å². The molecule has 1 N–H and O–H groups in total. The summed E-state index contributed by atoms with van der Waals surface area (Å²) in [5.41, 5.74) is 1.33. The molecular formula is C18H15BrN2O2. The van der Waals surface area contributed by atoms with Crippen LogP contribution in [0.4, 0.5) is 5.69 Å². The van der Waals surface area contributed by atoms with Crippen molar-refractivity contribution in [3.05, 3.63) is 64.1 Å². The fourth-order valence-corrected chi connectivity index (χ4v) is 2.37.